The van der Waals surface area contributed by atoms with Crippen LogP contribution in [0.25, 0.3) is 0 Å². The number of ether oxygens (including phenoxy) is 2. The summed E-state index contributed by atoms with van der Waals surface area (Å²) in [7, 11) is 3.63. The van der Waals surface area contributed by atoms with Crippen molar-refractivity contribution in [1.29, 1.82) is 0 Å². The van der Waals surface area contributed by atoms with Crippen LogP contribution in [0.3, 0.4) is 0 Å². The van der Waals surface area contributed by atoms with Gasteiger partial charge >= 0.3 is 0 Å². The second-order valence-electron chi connectivity index (χ2n) is 6.40. The molecule has 1 rings (SSSR count). The van der Waals surface area contributed by atoms with Crippen LogP contribution >= 0.6 is 0 Å². The molecule has 122 valence electrons. The lowest BCUT2D eigenvalue weighted by molar-refractivity contribution is -0.0385. The first-order valence-electron chi connectivity index (χ1n) is 7.77. The molecule has 0 bridgehead atoms. The maximum atomic E-state index is 6.08. The molecular formula is C16H31N3O2. The van der Waals surface area contributed by atoms with E-state index in [9.17, 15) is 0 Å². The number of nitrogens with zero attached hydrogens (tertiary/aromatic N) is 2. The lowest BCUT2D eigenvalue weighted by Gasteiger charge is -2.37. The first-order chi connectivity index (χ1) is 9.86. The normalized spacial score (nSPS) is 15.0. The molecular weight excluding hydrogens is 266 g/mol. The zero-order chi connectivity index (χ0) is 16.0. The average Bonchev–Trinajstić information content (AvgIpc) is 2.78. The summed E-state index contributed by atoms with van der Waals surface area (Å²) in [4.78, 5) is 0. The second-order valence-corrected chi connectivity index (χ2v) is 6.40. The monoisotopic (exact) mass is 297 g/mol. The highest BCUT2D eigenvalue weighted by atomic mass is 16.5. The zero-order valence-electron chi connectivity index (χ0n) is 14.6. The van der Waals surface area contributed by atoms with Crippen molar-refractivity contribution in [3.8, 4) is 5.75 Å². The number of rotatable bonds is 8. The van der Waals surface area contributed by atoms with E-state index in [2.05, 4.69) is 38.1 Å². The molecule has 1 aromatic rings. The highest BCUT2D eigenvalue weighted by Crippen LogP contribution is 2.36. The van der Waals surface area contributed by atoms with Crippen LogP contribution in [0.5, 0.6) is 5.75 Å². The number of methoxy groups -OCH3 is 1. The second kappa shape index (κ2) is 7.80. The van der Waals surface area contributed by atoms with Crippen LogP contribution in [0.4, 0.5) is 0 Å². The summed E-state index contributed by atoms with van der Waals surface area (Å²) in [5.41, 5.74) is 1.05. The first-order valence-corrected chi connectivity index (χ1v) is 7.77. The molecule has 0 spiro atoms. The average molecular weight is 297 g/mol. The van der Waals surface area contributed by atoms with E-state index in [-0.39, 0.29) is 17.6 Å². The van der Waals surface area contributed by atoms with Crippen LogP contribution in [0.1, 0.15) is 52.8 Å². The summed E-state index contributed by atoms with van der Waals surface area (Å²) in [6.45, 7) is 12.4. The van der Waals surface area contributed by atoms with Crippen molar-refractivity contribution in [2.75, 3.05) is 20.3 Å². The minimum absolute atomic E-state index is 0.0106. The van der Waals surface area contributed by atoms with Gasteiger partial charge in [-0.05, 0) is 25.3 Å². The number of nitrogens with one attached hydrogen (secondary N) is 1. The minimum Gasteiger partial charge on any atom is -0.493 e. The van der Waals surface area contributed by atoms with Crippen LogP contribution in [0.2, 0.25) is 0 Å². The Labute approximate surface area is 129 Å². The number of aromatic nitrogens is 2. The minimum atomic E-state index is 0.0106. The summed E-state index contributed by atoms with van der Waals surface area (Å²) >= 11 is 0. The molecule has 0 saturated heterocycles. The largest absolute Gasteiger partial charge is 0.493 e. The van der Waals surface area contributed by atoms with Gasteiger partial charge < -0.3 is 14.8 Å². The van der Waals surface area contributed by atoms with Gasteiger partial charge in [0.05, 0.1) is 31.1 Å². The lowest BCUT2D eigenvalue weighted by atomic mass is 9.83. The van der Waals surface area contributed by atoms with Gasteiger partial charge in [0, 0.05) is 13.7 Å². The van der Waals surface area contributed by atoms with E-state index in [0.29, 0.717) is 6.61 Å². The Hall–Kier alpha value is -1.07. The van der Waals surface area contributed by atoms with Crippen LogP contribution < -0.4 is 10.1 Å². The quantitative estimate of drug-likeness (QED) is 0.801. The van der Waals surface area contributed by atoms with Crippen molar-refractivity contribution in [1.82, 2.24) is 15.1 Å². The molecule has 0 saturated carbocycles. The van der Waals surface area contributed by atoms with Crippen molar-refractivity contribution < 1.29 is 9.47 Å². The van der Waals surface area contributed by atoms with Gasteiger partial charge in [0.2, 0.25) is 0 Å². The van der Waals surface area contributed by atoms with Crippen molar-refractivity contribution in [2.45, 2.75) is 53.2 Å². The molecule has 1 N–H and O–H groups in total. The fraction of sp³-hybridized carbons (Fsp3) is 0.812. The third kappa shape index (κ3) is 4.45. The third-order valence-corrected chi connectivity index (χ3v) is 3.58. The molecule has 2 unspecified atom stereocenters. The molecule has 0 aliphatic rings. The van der Waals surface area contributed by atoms with Crippen molar-refractivity contribution in [3.63, 3.8) is 0 Å². The van der Waals surface area contributed by atoms with Crippen LogP contribution in [0, 0.1) is 5.41 Å². The third-order valence-electron chi connectivity index (χ3n) is 3.58. The van der Waals surface area contributed by atoms with E-state index < -0.39 is 0 Å². The molecule has 2 atom stereocenters. The van der Waals surface area contributed by atoms with E-state index in [0.717, 1.165) is 24.4 Å². The van der Waals surface area contributed by atoms with E-state index in [1.807, 2.05) is 18.7 Å². The SMILES string of the molecule is CCCNC(c1c(OC)cnn1C)C(OCC)C(C)(C)C. The molecule has 0 fully saturated rings. The lowest BCUT2D eigenvalue weighted by Crippen LogP contribution is -2.43. The maximum absolute atomic E-state index is 6.08. The Kier molecular flexibility index (Phi) is 6.68. The fourth-order valence-electron chi connectivity index (χ4n) is 2.61. The standard InChI is InChI=1S/C16H31N3O2/c1-8-10-17-13(15(21-9-2)16(3,4)5)14-12(20-7)11-18-19(14)6/h11,13,15,17H,8-10H2,1-7H3. The molecule has 5 heteroatoms. The highest BCUT2D eigenvalue weighted by molar-refractivity contribution is 5.29. The van der Waals surface area contributed by atoms with Gasteiger partial charge in [-0.15, -0.1) is 0 Å². The Bertz CT molecular complexity index is 424. The van der Waals surface area contributed by atoms with Crippen LogP contribution in [0.15, 0.2) is 6.20 Å². The molecule has 0 aliphatic heterocycles. The maximum Gasteiger partial charge on any atom is 0.161 e. The number of hydrogen-bond acceptors (Lipinski definition) is 4. The van der Waals surface area contributed by atoms with Crippen molar-refractivity contribution in [3.05, 3.63) is 11.9 Å². The number of hydrogen-bond donors (Lipinski definition) is 1. The smallest absolute Gasteiger partial charge is 0.161 e. The predicted molar refractivity (Wildman–Crippen MR) is 85.7 cm³/mol. The van der Waals surface area contributed by atoms with E-state index in [1.165, 1.54) is 0 Å². The summed E-state index contributed by atoms with van der Waals surface area (Å²) < 4.78 is 13.5. The molecule has 0 aromatic carbocycles. The molecule has 21 heavy (non-hydrogen) atoms. The molecule has 0 amide bonds. The first kappa shape index (κ1) is 18.0. The van der Waals surface area contributed by atoms with Crippen LogP contribution in [-0.4, -0.2) is 36.1 Å². The van der Waals surface area contributed by atoms with Gasteiger partial charge in [-0.25, -0.2) is 0 Å². The molecule has 1 heterocycles. The van der Waals surface area contributed by atoms with Gasteiger partial charge in [0.25, 0.3) is 0 Å². The Morgan fingerprint density at radius 1 is 1.33 bits per heavy atom. The summed E-state index contributed by atoms with van der Waals surface area (Å²) in [6.07, 6.45) is 2.87. The van der Waals surface area contributed by atoms with Gasteiger partial charge in [-0.3, -0.25) is 4.68 Å². The van der Waals surface area contributed by atoms with Crippen LogP contribution in [-0.2, 0) is 11.8 Å². The van der Waals surface area contributed by atoms with E-state index in [1.54, 1.807) is 13.3 Å². The summed E-state index contributed by atoms with van der Waals surface area (Å²) in [5.74, 6) is 0.806. The van der Waals surface area contributed by atoms with Crippen molar-refractivity contribution in [2.24, 2.45) is 12.5 Å². The Morgan fingerprint density at radius 2 is 2.00 bits per heavy atom. The molecule has 0 aliphatic carbocycles. The number of aryl methyl sites for hydroxylation is 1. The van der Waals surface area contributed by atoms with E-state index in [4.69, 9.17) is 9.47 Å². The van der Waals surface area contributed by atoms with E-state index >= 15 is 0 Å². The van der Waals surface area contributed by atoms with Crippen molar-refractivity contribution >= 4 is 0 Å². The Morgan fingerprint density at radius 3 is 2.48 bits per heavy atom. The highest BCUT2D eigenvalue weighted by Gasteiger charge is 2.36. The Balaban J connectivity index is 3.22. The fourth-order valence-corrected chi connectivity index (χ4v) is 2.61. The van der Waals surface area contributed by atoms with Gasteiger partial charge in [0.1, 0.15) is 0 Å². The molecule has 5 nitrogen and oxygen atoms in total. The van der Waals surface area contributed by atoms with Gasteiger partial charge in [-0.1, -0.05) is 27.7 Å². The molecule has 0 radical (unpaired) electrons. The summed E-state index contributed by atoms with van der Waals surface area (Å²) in [5, 5.41) is 7.95. The summed E-state index contributed by atoms with van der Waals surface area (Å²) in [6, 6.07) is 0.0485. The zero-order valence-corrected chi connectivity index (χ0v) is 14.6. The van der Waals surface area contributed by atoms with Gasteiger partial charge in [-0.2, -0.15) is 5.10 Å². The molecule has 1 aromatic heterocycles. The van der Waals surface area contributed by atoms with Gasteiger partial charge in [0.15, 0.2) is 5.75 Å². The topological polar surface area (TPSA) is 48.3 Å². The predicted octanol–water partition coefficient (Wildman–Crippen LogP) is 2.92.